The molecule has 356 valence electrons. The standard InChI is InChI=1S/C53H61FN2O11/c1-4-26-65-53-49(56(33-36-16-18-40(54)19-17-36)52(60)64-28-27-63-35-37-12-6-5-7-13-37)32-46(55-62-3)44-30-38(14-8-10-24-57)43(15-9-11-25-58)50(51(44)53)45-31-42(21-23-48(45)67-53)66-41-20-22-47(61-2)39(29-41)34-59/h4-7,12-13,16-23,29-31,34,38,43,49-51,57-58H,1,8-11,14-15,24-28,32-33,35H2,2-3H3. The van der Waals surface area contributed by atoms with Crippen LogP contribution < -0.4 is 14.2 Å². The van der Waals surface area contributed by atoms with Gasteiger partial charge in [0, 0.05) is 37.7 Å². The molecule has 13 nitrogen and oxygen atoms in total. The molecular formula is C53H61FN2O11. The van der Waals surface area contributed by atoms with Crippen LogP contribution in [0.25, 0.3) is 0 Å². The highest BCUT2D eigenvalue weighted by molar-refractivity contribution is 6.03. The predicted molar refractivity (Wildman–Crippen MR) is 250 cm³/mol. The quantitative estimate of drug-likeness (QED) is 0.0299. The Bertz CT molecular complexity index is 2340. The van der Waals surface area contributed by atoms with Gasteiger partial charge in [0.1, 0.15) is 48.6 Å². The predicted octanol–water partition coefficient (Wildman–Crippen LogP) is 9.56. The Kier molecular flexibility index (Phi) is 17.2. The number of carbonyl (C=O) groups excluding carboxylic acids is 2. The van der Waals surface area contributed by atoms with Crippen molar-refractivity contribution in [2.45, 2.75) is 75.8 Å². The molecule has 2 N–H and O–H groups in total. The molecule has 0 aromatic heterocycles. The van der Waals surface area contributed by atoms with E-state index in [-0.39, 0.29) is 63.8 Å². The zero-order valence-corrected chi connectivity index (χ0v) is 38.2. The molecule has 2 aliphatic carbocycles. The maximum absolute atomic E-state index is 14.8. The van der Waals surface area contributed by atoms with Gasteiger partial charge in [-0.1, -0.05) is 72.6 Å². The number of aldehydes is 1. The molecule has 1 saturated carbocycles. The van der Waals surface area contributed by atoms with Crippen molar-refractivity contribution in [3.63, 3.8) is 0 Å². The fourth-order valence-corrected chi connectivity index (χ4v) is 9.95. The molecule has 1 aliphatic heterocycles. The highest BCUT2D eigenvalue weighted by Crippen LogP contribution is 2.62. The molecule has 1 fully saturated rings. The Morgan fingerprint density at radius 1 is 0.925 bits per heavy atom. The molecule has 67 heavy (non-hydrogen) atoms. The van der Waals surface area contributed by atoms with E-state index in [1.165, 1.54) is 26.4 Å². The second kappa shape index (κ2) is 23.6. The number of halogens is 1. The van der Waals surface area contributed by atoms with Gasteiger partial charge >= 0.3 is 6.09 Å². The van der Waals surface area contributed by atoms with Crippen LogP contribution in [0.15, 0.2) is 120 Å². The van der Waals surface area contributed by atoms with Crippen LogP contribution >= 0.6 is 0 Å². The average Bonchev–Trinajstić information content (AvgIpc) is 3.35. The highest BCUT2D eigenvalue weighted by atomic mass is 19.1. The second-order valence-corrected chi connectivity index (χ2v) is 17.0. The number of hydrogen-bond donors (Lipinski definition) is 2. The molecule has 1 heterocycles. The van der Waals surface area contributed by atoms with E-state index < -0.39 is 29.7 Å². The molecule has 4 aromatic carbocycles. The molecular weight excluding hydrogens is 860 g/mol. The summed E-state index contributed by atoms with van der Waals surface area (Å²) in [6.45, 7) is 4.60. The topological polar surface area (TPSA) is 155 Å². The van der Waals surface area contributed by atoms with Crippen molar-refractivity contribution in [3.05, 3.63) is 143 Å². The Balaban J connectivity index is 1.37. The lowest BCUT2D eigenvalue weighted by molar-refractivity contribution is -0.256. The number of ether oxygens (including phenoxy) is 6. The van der Waals surface area contributed by atoms with Crippen LogP contribution in [0, 0.1) is 23.6 Å². The summed E-state index contributed by atoms with van der Waals surface area (Å²) in [5.41, 5.74) is 4.26. The maximum atomic E-state index is 14.8. The third-order valence-corrected chi connectivity index (χ3v) is 12.9. The fourth-order valence-electron chi connectivity index (χ4n) is 9.95. The lowest BCUT2D eigenvalue weighted by Crippen LogP contribution is -2.70. The average molecular weight is 921 g/mol. The number of amides is 1. The van der Waals surface area contributed by atoms with Crippen molar-refractivity contribution in [1.29, 1.82) is 0 Å². The number of nitrogens with zero attached hydrogens (tertiary/aromatic N) is 2. The van der Waals surface area contributed by atoms with Gasteiger partial charge in [0.25, 0.3) is 0 Å². The minimum atomic E-state index is -1.57. The van der Waals surface area contributed by atoms with Crippen molar-refractivity contribution in [2.75, 3.05) is 47.3 Å². The summed E-state index contributed by atoms with van der Waals surface area (Å²) < 4.78 is 52.5. The van der Waals surface area contributed by atoms with E-state index in [2.05, 4.69) is 17.8 Å². The number of aliphatic hydroxyl groups is 2. The lowest BCUT2D eigenvalue weighted by Gasteiger charge is -2.59. The molecule has 7 rings (SSSR count). The van der Waals surface area contributed by atoms with Gasteiger partial charge in [-0.2, -0.15) is 0 Å². The summed E-state index contributed by atoms with van der Waals surface area (Å²) in [4.78, 5) is 33.9. The van der Waals surface area contributed by atoms with Crippen LogP contribution in [0.5, 0.6) is 23.0 Å². The number of benzene rings is 4. The molecule has 0 radical (unpaired) electrons. The monoisotopic (exact) mass is 920 g/mol. The lowest BCUT2D eigenvalue weighted by atomic mass is 9.55. The highest BCUT2D eigenvalue weighted by Gasteiger charge is 2.65. The van der Waals surface area contributed by atoms with Crippen molar-refractivity contribution >= 4 is 18.1 Å². The Hall–Kier alpha value is -6.06. The van der Waals surface area contributed by atoms with Crippen LogP contribution in [-0.2, 0) is 32.2 Å². The summed E-state index contributed by atoms with van der Waals surface area (Å²) in [5, 5.41) is 24.6. The largest absolute Gasteiger partial charge is 0.496 e. The van der Waals surface area contributed by atoms with E-state index in [1.54, 1.807) is 47.4 Å². The molecule has 1 amide bonds. The van der Waals surface area contributed by atoms with Crippen LogP contribution in [0.1, 0.15) is 77.9 Å². The summed E-state index contributed by atoms with van der Waals surface area (Å²) in [6.07, 6.45) is 8.30. The summed E-state index contributed by atoms with van der Waals surface area (Å²) in [6, 6.07) is 25.4. The number of rotatable bonds is 24. The molecule has 0 saturated heterocycles. The van der Waals surface area contributed by atoms with E-state index in [0.29, 0.717) is 65.6 Å². The van der Waals surface area contributed by atoms with Gasteiger partial charge in [-0.05, 0) is 103 Å². The number of carbonyl (C=O) groups is 2. The van der Waals surface area contributed by atoms with Crippen LogP contribution in [0.3, 0.4) is 0 Å². The zero-order chi connectivity index (χ0) is 47.2. The first-order valence-electron chi connectivity index (χ1n) is 23.0. The van der Waals surface area contributed by atoms with Gasteiger partial charge in [0.15, 0.2) is 6.29 Å². The first-order chi connectivity index (χ1) is 32.8. The van der Waals surface area contributed by atoms with E-state index >= 15 is 0 Å². The number of allylic oxidation sites excluding steroid dienone is 1. The van der Waals surface area contributed by atoms with E-state index in [0.717, 1.165) is 42.4 Å². The smallest absolute Gasteiger partial charge is 0.410 e. The summed E-state index contributed by atoms with van der Waals surface area (Å²) in [5.74, 6) is -1.10. The fraction of sp³-hybridized carbons (Fsp3) is 0.415. The Morgan fingerprint density at radius 2 is 1.67 bits per heavy atom. The van der Waals surface area contributed by atoms with E-state index in [9.17, 15) is 24.2 Å². The summed E-state index contributed by atoms with van der Waals surface area (Å²) >= 11 is 0. The van der Waals surface area contributed by atoms with Crippen molar-refractivity contribution in [3.8, 4) is 23.0 Å². The molecule has 0 spiro atoms. The number of unbranched alkanes of at least 4 members (excludes halogenated alkanes) is 2. The first-order valence-corrected chi connectivity index (χ1v) is 23.0. The van der Waals surface area contributed by atoms with Crippen LogP contribution in [0.2, 0.25) is 0 Å². The normalized spacial score (nSPS) is 22.1. The third kappa shape index (κ3) is 11.4. The number of methoxy groups -OCH3 is 1. The second-order valence-electron chi connectivity index (χ2n) is 17.0. The first kappa shape index (κ1) is 48.9. The molecule has 3 aliphatic rings. The van der Waals surface area contributed by atoms with Crippen molar-refractivity contribution in [1.82, 2.24) is 4.90 Å². The minimum Gasteiger partial charge on any atom is -0.496 e. The van der Waals surface area contributed by atoms with Gasteiger partial charge in [0.05, 0.1) is 44.1 Å². The number of aliphatic hydroxyl groups excluding tert-OH is 2. The van der Waals surface area contributed by atoms with E-state index in [4.69, 9.17) is 33.3 Å². The van der Waals surface area contributed by atoms with Crippen molar-refractivity contribution < 1.29 is 57.5 Å². The number of oxime groups is 1. The van der Waals surface area contributed by atoms with Gasteiger partial charge in [-0.3, -0.25) is 9.69 Å². The van der Waals surface area contributed by atoms with Crippen molar-refractivity contribution in [2.24, 2.45) is 22.9 Å². The summed E-state index contributed by atoms with van der Waals surface area (Å²) in [7, 11) is 2.99. The third-order valence-electron chi connectivity index (χ3n) is 12.9. The van der Waals surface area contributed by atoms with Gasteiger partial charge in [0.2, 0.25) is 5.79 Å². The van der Waals surface area contributed by atoms with Gasteiger partial charge < -0.3 is 43.5 Å². The zero-order valence-electron chi connectivity index (χ0n) is 38.2. The SMILES string of the molecule is C=CCOC12Oc3ccc(Oc4ccc(OC)c(C=O)c4)cc3C3C(CCCCO)C(CCCCO)C=C(C(=NOC)CC1N(Cc1ccc(F)cc1)C(=O)OCCOCc1ccccc1)C32. The molecule has 4 aromatic rings. The maximum Gasteiger partial charge on any atom is 0.410 e. The van der Waals surface area contributed by atoms with Crippen LogP contribution in [0.4, 0.5) is 9.18 Å². The van der Waals surface area contributed by atoms with Crippen LogP contribution in [-0.4, -0.2) is 92.3 Å². The number of hydrogen-bond acceptors (Lipinski definition) is 12. The van der Waals surface area contributed by atoms with E-state index in [1.807, 2.05) is 42.5 Å². The molecule has 6 unspecified atom stereocenters. The molecule has 0 bridgehead atoms. The molecule has 6 atom stereocenters. The van der Waals surface area contributed by atoms with Gasteiger partial charge in [-0.25, -0.2) is 9.18 Å². The Labute approximate surface area is 391 Å². The Morgan fingerprint density at radius 3 is 2.39 bits per heavy atom. The minimum absolute atomic E-state index is 0.000588. The number of fused-ring (bicyclic) bond motifs is 2. The van der Waals surface area contributed by atoms with Gasteiger partial charge in [-0.15, -0.1) is 6.58 Å². The molecule has 14 heteroatoms.